The van der Waals surface area contributed by atoms with E-state index < -0.39 is 22.7 Å². The fourth-order valence-electron chi connectivity index (χ4n) is 2.13. The molecule has 11 heteroatoms. The molecule has 0 unspecified atom stereocenters. The van der Waals surface area contributed by atoms with Gasteiger partial charge >= 0.3 is 5.97 Å². The lowest BCUT2D eigenvalue weighted by molar-refractivity contribution is -0.387. The second kappa shape index (κ2) is 9.20. The third kappa shape index (κ3) is 5.21. The van der Waals surface area contributed by atoms with E-state index in [9.17, 15) is 24.5 Å². The van der Waals surface area contributed by atoms with Crippen LogP contribution in [-0.4, -0.2) is 35.6 Å². The number of carbonyl (C=O) groups is 3. The van der Waals surface area contributed by atoms with E-state index in [0.29, 0.717) is 0 Å². The maximum Gasteiger partial charge on any atom is 0.337 e. The minimum Gasteiger partial charge on any atom is -0.465 e. The highest BCUT2D eigenvalue weighted by Crippen LogP contribution is 2.30. The monoisotopic (exact) mass is 423 g/mol. The summed E-state index contributed by atoms with van der Waals surface area (Å²) in [4.78, 5) is 45.7. The molecule has 0 fully saturated rings. The summed E-state index contributed by atoms with van der Waals surface area (Å²) in [5.41, 5.74) is 5.18. The highest BCUT2D eigenvalue weighted by atomic mass is 35.5. The topological polar surface area (TPSA) is 142 Å². The SMILES string of the molecule is COC(=O)c1ccc(Cl)c(NC(=O)CSc2ccc(C(N)=O)cc2[N+](=O)[O-])c1. The van der Waals surface area contributed by atoms with Gasteiger partial charge in [0.15, 0.2) is 0 Å². The fourth-order valence-corrected chi connectivity index (χ4v) is 3.10. The molecule has 2 aromatic carbocycles. The van der Waals surface area contributed by atoms with Crippen LogP contribution < -0.4 is 11.1 Å². The zero-order valence-electron chi connectivity index (χ0n) is 14.4. The van der Waals surface area contributed by atoms with E-state index in [4.69, 9.17) is 17.3 Å². The van der Waals surface area contributed by atoms with E-state index in [2.05, 4.69) is 10.1 Å². The summed E-state index contributed by atoms with van der Waals surface area (Å²) in [6, 6.07) is 7.99. The first-order valence-electron chi connectivity index (χ1n) is 7.61. The molecule has 2 amide bonds. The molecule has 146 valence electrons. The molecular formula is C17H14ClN3O6S. The average Bonchev–Trinajstić information content (AvgIpc) is 2.67. The summed E-state index contributed by atoms with van der Waals surface area (Å²) in [5, 5.41) is 13.9. The standard InChI is InChI=1S/C17H14ClN3O6S/c1-27-17(24)10-2-4-11(18)12(6-10)20-15(22)8-28-14-5-3-9(16(19)23)7-13(14)21(25)26/h2-7H,8H2,1H3,(H2,19,23)(H,20,22). The van der Waals surface area contributed by atoms with Gasteiger partial charge in [0.2, 0.25) is 11.8 Å². The van der Waals surface area contributed by atoms with Gasteiger partial charge in [-0.2, -0.15) is 0 Å². The molecule has 0 heterocycles. The van der Waals surface area contributed by atoms with Gasteiger partial charge < -0.3 is 15.8 Å². The molecule has 0 bridgehead atoms. The van der Waals surface area contributed by atoms with Crippen molar-refractivity contribution in [3.05, 3.63) is 62.7 Å². The van der Waals surface area contributed by atoms with E-state index in [1.54, 1.807) is 0 Å². The molecule has 0 atom stereocenters. The normalized spacial score (nSPS) is 10.2. The molecule has 0 aliphatic rings. The number of halogens is 1. The van der Waals surface area contributed by atoms with Crippen LogP contribution in [0.5, 0.6) is 0 Å². The zero-order chi connectivity index (χ0) is 20.8. The zero-order valence-corrected chi connectivity index (χ0v) is 16.0. The number of nitro groups is 1. The Hall–Kier alpha value is -3.11. The largest absolute Gasteiger partial charge is 0.465 e. The first kappa shape index (κ1) is 21.2. The van der Waals surface area contributed by atoms with Crippen molar-refractivity contribution in [3.63, 3.8) is 0 Å². The van der Waals surface area contributed by atoms with Crippen molar-refractivity contribution in [1.29, 1.82) is 0 Å². The second-order valence-electron chi connectivity index (χ2n) is 5.33. The summed E-state index contributed by atoms with van der Waals surface area (Å²) >= 11 is 6.92. The number of nitrogens with two attached hydrogens (primary N) is 1. The molecule has 0 aromatic heterocycles. The Bertz CT molecular complexity index is 966. The van der Waals surface area contributed by atoms with Gasteiger partial charge in [-0.3, -0.25) is 19.7 Å². The predicted octanol–water partition coefficient (Wildman–Crippen LogP) is 2.86. The van der Waals surface area contributed by atoms with E-state index in [-0.39, 0.29) is 38.2 Å². The van der Waals surface area contributed by atoms with Gasteiger partial charge in [0.05, 0.1) is 39.0 Å². The maximum atomic E-state index is 12.2. The molecule has 2 rings (SSSR count). The number of hydrogen-bond donors (Lipinski definition) is 2. The highest BCUT2D eigenvalue weighted by molar-refractivity contribution is 8.00. The maximum absolute atomic E-state index is 12.2. The molecule has 2 aromatic rings. The smallest absolute Gasteiger partial charge is 0.337 e. The first-order chi connectivity index (χ1) is 13.2. The number of primary amides is 1. The predicted molar refractivity (Wildman–Crippen MR) is 104 cm³/mol. The van der Waals surface area contributed by atoms with Crippen LogP contribution in [0.15, 0.2) is 41.3 Å². The molecule has 9 nitrogen and oxygen atoms in total. The van der Waals surface area contributed by atoms with Gasteiger partial charge in [0.1, 0.15) is 0 Å². The molecule has 0 saturated heterocycles. The third-order valence-electron chi connectivity index (χ3n) is 3.46. The lowest BCUT2D eigenvalue weighted by Gasteiger charge is -2.09. The molecule has 0 saturated carbocycles. The number of hydrogen-bond acceptors (Lipinski definition) is 7. The number of esters is 1. The van der Waals surface area contributed by atoms with Crippen molar-refractivity contribution < 1.29 is 24.0 Å². The van der Waals surface area contributed by atoms with Crippen LogP contribution in [0, 0.1) is 10.1 Å². The Labute approximate surface area is 168 Å². The second-order valence-corrected chi connectivity index (χ2v) is 6.75. The van der Waals surface area contributed by atoms with Crippen molar-refractivity contribution in [2.45, 2.75) is 4.90 Å². The summed E-state index contributed by atoms with van der Waals surface area (Å²) in [6.07, 6.45) is 0. The molecule has 0 aliphatic heterocycles. The average molecular weight is 424 g/mol. The molecule has 0 aliphatic carbocycles. The Kier molecular flexibility index (Phi) is 6.96. The van der Waals surface area contributed by atoms with Crippen LogP contribution in [-0.2, 0) is 9.53 Å². The number of anilines is 1. The minimum absolute atomic E-state index is 0.00749. The number of methoxy groups -OCH3 is 1. The Balaban J connectivity index is 2.12. The van der Waals surface area contributed by atoms with E-state index in [0.717, 1.165) is 17.8 Å². The summed E-state index contributed by atoms with van der Waals surface area (Å²) in [7, 11) is 1.22. The van der Waals surface area contributed by atoms with Crippen LogP contribution in [0.3, 0.4) is 0 Å². The van der Waals surface area contributed by atoms with Crippen molar-refractivity contribution in [1.82, 2.24) is 0 Å². The first-order valence-corrected chi connectivity index (χ1v) is 8.98. The number of thioether (sulfide) groups is 1. The Morgan fingerprint density at radius 1 is 1.21 bits per heavy atom. The van der Waals surface area contributed by atoms with Gasteiger partial charge in [-0.05, 0) is 30.3 Å². The Morgan fingerprint density at radius 3 is 2.50 bits per heavy atom. The molecule has 28 heavy (non-hydrogen) atoms. The van der Waals surface area contributed by atoms with Gasteiger partial charge in [-0.25, -0.2) is 4.79 Å². The van der Waals surface area contributed by atoms with E-state index >= 15 is 0 Å². The number of nitrogens with zero attached hydrogens (tertiary/aromatic N) is 1. The van der Waals surface area contributed by atoms with Crippen LogP contribution in [0.4, 0.5) is 11.4 Å². The Morgan fingerprint density at radius 2 is 1.89 bits per heavy atom. The number of nitrogens with one attached hydrogen (secondary N) is 1. The number of benzene rings is 2. The van der Waals surface area contributed by atoms with Crippen molar-refractivity contribution in [3.8, 4) is 0 Å². The number of rotatable bonds is 7. The quantitative estimate of drug-likeness (QED) is 0.301. The summed E-state index contributed by atoms with van der Waals surface area (Å²) in [5.74, 6) is -2.05. The van der Waals surface area contributed by atoms with Gasteiger partial charge in [-0.15, -0.1) is 11.8 Å². The number of carbonyl (C=O) groups excluding carboxylic acids is 3. The lowest BCUT2D eigenvalue weighted by Crippen LogP contribution is -2.15. The molecule has 0 spiro atoms. The molecule has 0 radical (unpaired) electrons. The number of amides is 2. The lowest BCUT2D eigenvalue weighted by atomic mass is 10.2. The van der Waals surface area contributed by atoms with E-state index in [1.807, 2.05) is 0 Å². The van der Waals surface area contributed by atoms with Crippen molar-refractivity contribution in [2.75, 3.05) is 18.2 Å². The van der Waals surface area contributed by atoms with Crippen LogP contribution >= 0.6 is 23.4 Å². The van der Waals surface area contributed by atoms with E-state index in [1.165, 1.54) is 37.4 Å². The number of ether oxygens (including phenoxy) is 1. The van der Waals surface area contributed by atoms with Crippen LogP contribution in [0.25, 0.3) is 0 Å². The van der Waals surface area contributed by atoms with Gasteiger partial charge in [0.25, 0.3) is 5.69 Å². The summed E-state index contributed by atoms with van der Waals surface area (Å²) in [6.45, 7) is 0. The van der Waals surface area contributed by atoms with Gasteiger partial charge in [-0.1, -0.05) is 11.6 Å². The van der Waals surface area contributed by atoms with Gasteiger partial charge in [0, 0.05) is 11.6 Å². The van der Waals surface area contributed by atoms with Crippen molar-refractivity contribution >= 4 is 52.5 Å². The molecular weight excluding hydrogens is 410 g/mol. The van der Waals surface area contributed by atoms with Crippen LogP contribution in [0.2, 0.25) is 5.02 Å². The number of nitro benzene ring substituents is 1. The van der Waals surface area contributed by atoms with Crippen molar-refractivity contribution in [2.24, 2.45) is 5.73 Å². The summed E-state index contributed by atoms with van der Waals surface area (Å²) < 4.78 is 4.61. The minimum atomic E-state index is -0.794. The molecule has 3 N–H and O–H groups in total. The highest BCUT2D eigenvalue weighted by Gasteiger charge is 2.18. The fraction of sp³-hybridized carbons (Fsp3) is 0.118. The van der Waals surface area contributed by atoms with Crippen LogP contribution in [0.1, 0.15) is 20.7 Å². The third-order valence-corrected chi connectivity index (χ3v) is 4.85.